The van der Waals surface area contributed by atoms with Crippen LogP contribution in [0.4, 0.5) is 0 Å². The van der Waals surface area contributed by atoms with Gasteiger partial charge in [0, 0.05) is 46.5 Å². The standard InChI is InChI=1S/C32H34N2O2/c1-18-25-10-12-27(18)34(17-25)32(35)24-9-11-26-19(2)31(36-30(26)15-24)29-14-23-8-7-22(21-5-6-21)13-28(23)33(29)16-20-3-4-20/h7-9,11,13-15,18,20-21,25,27H,3-6,10,12,16-17H2,1-2H3. The van der Waals surface area contributed by atoms with Gasteiger partial charge < -0.3 is 13.9 Å². The number of hydrogen-bond acceptors (Lipinski definition) is 2. The normalized spacial score (nSPS) is 25.5. The van der Waals surface area contributed by atoms with Crippen molar-refractivity contribution < 1.29 is 9.21 Å². The van der Waals surface area contributed by atoms with Crippen LogP contribution in [-0.4, -0.2) is 28.0 Å². The lowest BCUT2D eigenvalue weighted by Gasteiger charge is -2.27. The van der Waals surface area contributed by atoms with Gasteiger partial charge >= 0.3 is 0 Å². The molecular formula is C32H34N2O2. The summed E-state index contributed by atoms with van der Waals surface area (Å²) in [6.45, 7) is 6.45. The summed E-state index contributed by atoms with van der Waals surface area (Å²) in [7, 11) is 0. The lowest BCUT2D eigenvalue weighted by Crippen LogP contribution is -2.38. The highest BCUT2D eigenvalue weighted by molar-refractivity contribution is 6.00. The van der Waals surface area contributed by atoms with Crippen LogP contribution in [0.2, 0.25) is 0 Å². The summed E-state index contributed by atoms with van der Waals surface area (Å²) in [5, 5.41) is 2.41. The van der Waals surface area contributed by atoms with Crippen LogP contribution in [0, 0.1) is 24.7 Å². The van der Waals surface area contributed by atoms with Crippen molar-refractivity contribution in [3.63, 3.8) is 0 Å². The van der Waals surface area contributed by atoms with E-state index in [4.69, 9.17) is 4.42 Å². The molecular weight excluding hydrogens is 444 g/mol. The van der Waals surface area contributed by atoms with Gasteiger partial charge in [-0.3, -0.25) is 4.79 Å². The highest BCUT2D eigenvalue weighted by atomic mass is 16.3. The summed E-state index contributed by atoms with van der Waals surface area (Å²) in [4.78, 5) is 15.6. The molecule has 36 heavy (non-hydrogen) atoms. The molecule has 8 rings (SSSR count). The molecule has 4 heteroatoms. The Kier molecular flexibility index (Phi) is 4.40. The number of hydrogen-bond donors (Lipinski definition) is 0. The molecule has 3 saturated carbocycles. The van der Waals surface area contributed by atoms with E-state index in [1.807, 2.05) is 12.1 Å². The van der Waals surface area contributed by atoms with E-state index in [9.17, 15) is 4.79 Å². The monoisotopic (exact) mass is 478 g/mol. The second-order valence-electron chi connectivity index (χ2n) is 12.2. The Hall–Kier alpha value is -3.01. The molecule has 4 nitrogen and oxygen atoms in total. The maximum atomic E-state index is 13.5. The minimum Gasteiger partial charge on any atom is -0.454 e. The summed E-state index contributed by atoms with van der Waals surface area (Å²) in [6, 6.07) is 15.9. The molecule has 2 aromatic carbocycles. The smallest absolute Gasteiger partial charge is 0.254 e. The van der Waals surface area contributed by atoms with Gasteiger partial charge in [0.25, 0.3) is 5.91 Å². The van der Waals surface area contributed by atoms with E-state index in [0.29, 0.717) is 17.9 Å². The predicted octanol–water partition coefficient (Wildman–Crippen LogP) is 7.52. The van der Waals surface area contributed by atoms with Gasteiger partial charge in [0.15, 0.2) is 5.76 Å². The number of nitrogens with zero attached hydrogens (tertiary/aromatic N) is 2. The molecule has 3 atom stereocenters. The van der Waals surface area contributed by atoms with Crippen molar-refractivity contribution in [1.82, 2.24) is 9.47 Å². The second-order valence-corrected chi connectivity index (χ2v) is 12.2. The third kappa shape index (κ3) is 3.16. The largest absolute Gasteiger partial charge is 0.454 e. The average Bonchev–Trinajstić information content (AvgIpc) is 3.80. The van der Waals surface area contributed by atoms with Crippen molar-refractivity contribution in [1.29, 1.82) is 0 Å². The van der Waals surface area contributed by atoms with Crippen molar-refractivity contribution in [2.45, 2.75) is 70.9 Å². The van der Waals surface area contributed by atoms with Crippen molar-refractivity contribution in [2.24, 2.45) is 17.8 Å². The quantitative estimate of drug-likeness (QED) is 0.297. The molecule has 2 bridgehead atoms. The molecule has 3 aliphatic carbocycles. The van der Waals surface area contributed by atoms with E-state index >= 15 is 0 Å². The number of fused-ring (bicyclic) bond motifs is 4. The lowest BCUT2D eigenvalue weighted by molar-refractivity contribution is 0.0696. The first-order chi connectivity index (χ1) is 17.5. The number of furan rings is 1. The van der Waals surface area contributed by atoms with Crippen LogP contribution < -0.4 is 0 Å². The SMILES string of the molecule is Cc1c(-c2cc3ccc(C4CC4)cc3n2CC2CC2)oc2cc(C(=O)N3CC4CCC3C4C)ccc12. The molecule has 3 unspecified atom stereocenters. The van der Waals surface area contributed by atoms with Gasteiger partial charge in [-0.05, 0) is 98.9 Å². The molecule has 4 aromatic rings. The Morgan fingerprint density at radius 2 is 1.86 bits per heavy atom. The molecule has 1 aliphatic heterocycles. The van der Waals surface area contributed by atoms with Gasteiger partial charge in [0.2, 0.25) is 0 Å². The second kappa shape index (κ2) is 7.50. The minimum absolute atomic E-state index is 0.169. The highest BCUT2D eigenvalue weighted by Crippen LogP contribution is 2.45. The minimum atomic E-state index is 0.169. The molecule has 0 spiro atoms. The fourth-order valence-electron chi connectivity index (χ4n) is 7.20. The van der Waals surface area contributed by atoms with Gasteiger partial charge in [-0.25, -0.2) is 0 Å². The predicted molar refractivity (Wildman–Crippen MR) is 143 cm³/mol. The summed E-state index contributed by atoms with van der Waals surface area (Å²) in [5.74, 6) is 3.95. The van der Waals surface area contributed by atoms with E-state index in [-0.39, 0.29) is 5.91 Å². The van der Waals surface area contributed by atoms with Crippen molar-refractivity contribution in [2.75, 3.05) is 6.54 Å². The topological polar surface area (TPSA) is 38.4 Å². The van der Waals surface area contributed by atoms with Crippen LogP contribution >= 0.6 is 0 Å². The van der Waals surface area contributed by atoms with Crippen LogP contribution in [0.3, 0.4) is 0 Å². The van der Waals surface area contributed by atoms with Gasteiger partial charge in [-0.15, -0.1) is 0 Å². The fraction of sp³-hybridized carbons (Fsp3) is 0.469. The highest BCUT2D eigenvalue weighted by Gasteiger charge is 2.46. The van der Waals surface area contributed by atoms with Gasteiger partial charge in [-0.1, -0.05) is 25.1 Å². The Morgan fingerprint density at radius 3 is 2.58 bits per heavy atom. The van der Waals surface area contributed by atoms with Crippen molar-refractivity contribution in [3.8, 4) is 11.5 Å². The molecule has 3 heterocycles. The van der Waals surface area contributed by atoms with Crippen LogP contribution in [-0.2, 0) is 6.54 Å². The first-order valence-electron chi connectivity index (χ1n) is 14.0. The van der Waals surface area contributed by atoms with Gasteiger partial charge in [-0.2, -0.15) is 0 Å². The summed E-state index contributed by atoms with van der Waals surface area (Å²) in [5.41, 5.74) is 6.76. The van der Waals surface area contributed by atoms with E-state index in [2.05, 4.69) is 53.6 Å². The number of benzene rings is 2. The molecule has 0 N–H and O–H groups in total. The molecule has 4 fully saturated rings. The molecule has 184 valence electrons. The molecule has 1 amide bonds. The number of likely N-dealkylation sites (tertiary alicyclic amines) is 1. The summed E-state index contributed by atoms with van der Waals surface area (Å²) in [6.07, 6.45) is 7.71. The first kappa shape index (κ1) is 21.1. The molecule has 1 saturated heterocycles. The number of aromatic nitrogens is 1. The maximum absolute atomic E-state index is 13.5. The lowest BCUT2D eigenvalue weighted by atomic mass is 10.0. The summed E-state index contributed by atoms with van der Waals surface area (Å²) < 4.78 is 9.10. The summed E-state index contributed by atoms with van der Waals surface area (Å²) >= 11 is 0. The Labute approximate surface area is 212 Å². The van der Waals surface area contributed by atoms with Crippen LogP contribution in [0.25, 0.3) is 33.3 Å². The van der Waals surface area contributed by atoms with E-state index in [1.165, 1.54) is 59.8 Å². The Morgan fingerprint density at radius 1 is 1.00 bits per heavy atom. The van der Waals surface area contributed by atoms with Crippen LogP contribution in [0.5, 0.6) is 0 Å². The Balaban J connectivity index is 1.20. The first-order valence-corrected chi connectivity index (χ1v) is 14.0. The number of rotatable bonds is 5. The van der Waals surface area contributed by atoms with E-state index < -0.39 is 0 Å². The number of carbonyl (C=O) groups is 1. The number of piperidine rings is 1. The molecule has 4 aliphatic rings. The van der Waals surface area contributed by atoms with Crippen molar-refractivity contribution in [3.05, 3.63) is 59.2 Å². The molecule has 0 radical (unpaired) electrons. The third-order valence-corrected chi connectivity index (χ3v) is 9.81. The van der Waals surface area contributed by atoms with Gasteiger partial charge in [0.05, 0.1) is 5.69 Å². The van der Waals surface area contributed by atoms with Crippen LogP contribution in [0.1, 0.15) is 72.9 Å². The van der Waals surface area contributed by atoms with Crippen LogP contribution in [0.15, 0.2) is 46.9 Å². The molecule has 2 aromatic heterocycles. The maximum Gasteiger partial charge on any atom is 0.254 e. The average molecular weight is 479 g/mol. The van der Waals surface area contributed by atoms with E-state index in [0.717, 1.165) is 53.6 Å². The number of carbonyl (C=O) groups excluding carboxylic acids is 1. The number of amides is 1. The van der Waals surface area contributed by atoms with E-state index in [1.54, 1.807) is 0 Å². The third-order valence-electron chi connectivity index (χ3n) is 9.81. The zero-order valence-electron chi connectivity index (χ0n) is 21.3. The zero-order valence-corrected chi connectivity index (χ0v) is 21.3. The Bertz CT molecular complexity index is 1530. The zero-order chi connectivity index (χ0) is 24.1. The van der Waals surface area contributed by atoms with Crippen molar-refractivity contribution >= 4 is 27.8 Å². The number of aryl methyl sites for hydroxylation is 1. The fourth-order valence-corrected chi connectivity index (χ4v) is 7.20. The van der Waals surface area contributed by atoms with Gasteiger partial charge in [0.1, 0.15) is 5.58 Å².